The first-order chi connectivity index (χ1) is 10.2. The monoisotopic (exact) mass is 390 g/mol. The van der Waals surface area contributed by atoms with Gasteiger partial charge in [0.2, 0.25) is 6.79 Å². The summed E-state index contributed by atoms with van der Waals surface area (Å²) in [5, 5.41) is 6.37. The van der Waals surface area contributed by atoms with Gasteiger partial charge >= 0.3 is 0 Å². The van der Waals surface area contributed by atoms with Crippen LogP contribution in [0.2, 0.25) is 0 Å². The molecule has 1 aromatic rings. The third kappa shape index (κ3) is 4.06. The number of hydrogen-bond donors (Lipinski definition) is 2. The Morgan fingerprint density at radius 3 is 3.05 bits per heavy atom. The first-order valence-corrected chi connectivity index (χ1v) is 8.11. The molecule has 2 aliphatic heterocycles. The molecule has 0 saturated carbocycles. The van der Waals surface area contributed by atoms with E-state index in [1.807, 2.05) is 0 Å². The third-order valence-corrected chi connectivity index (χ3v) is 4.52. The molecule has 0 radical (unpaired) electrons. The molecule has 0 bridgehead atoms. The standard InChI is InChI=1S/C15H19BrN2O3.ClH/c16-12-6-11(7-13-14(12)21-9-20-13)15(19)18-5-3-10-2-1-4-17-8-10;/h6-7,10,17H,1-5,8-9H2,(H,18,19);1H. The highest BCUT2D eigenvalue weighted by atomic mass is 79.9. The number of hydrogen-bond acceptors (Lipinski definition) is 4. The van der Waals surface area contributed by atoms with Crippen molar-refractivity contribution in [3.05, 3.63) is 22.2 Å². The summed E-state index contributed by atoms with van der Waals surface area (Å²) < 4.78 is 11.4. The minimum atomic E-state index is -0.0715. The lowest BCUT2D eigenvalue weighted by Crippen LogP contribution is -2.33. The van der Waals surface area contributed by atoms with Crippen molar-refractivity contribution in [1.29, 1.82) is 0 Å². The number of fused-ring (bicyclic) bond motifs is 1. The van der Waals surface area contributed by atoms with E-state index in [9.17, 15) is 4.79 Å². The van der Waals surface area contributed by atoms with Gasteiger partial charge in [-0.15, -0.1) is 12.4 Å². The van der Waals surface area contributed by atoms with Gasteiger partial charge in [0.05, 0.1) is 4.47 Å². The Morgan fingerprint density at radius 1 is 1.41 bits per heavy atom. The number of nitrogens with one attached hydrogen (secondary N) is 2. The van der Waals surface area contributed by atoms with Gasteiger partial charge in [0.25, 0.3) is 5.91 Å². The van der Waals surface area contributed by atoms with Gasteiger partial charge in [-0.1, -0.05) is 0 Å². The van der Waals surface area contributed by atoms with Gasteiger partial charge in [-0.05, 0) is 66.3 Å². The van der Waals surface area contributed by atoms with E-state index in [1.54, 1.807) is 12.1 Å². The van der Waals surface area contributed by atoms with E-state index >= 15 is 0 Å². The fraction of sp³-hybridized carbons (Fsp3) is 0.533. The van der Waals surface area contributed by atoms with Crippen LogP contribution >= 0.6 is 28.3 Å². The molecule has 1 atom stereocenters. The van der Waals surface area contributed by atoms with Crippen molar-refractivity contribution >= 4 is 34.2 Å². The largest absolute Gasteiger partial charge is 0.454 e. The Hall–Kier alpha value is -0.980. The zero-order valence-corrected chi connectivity index (χ0v) is 14.6. The van der Waals surface area contributed by atoms with Crippen molar-refractivity contribution in [1.82, 2.24) is 10.6 Å². The summed E-state index contributed by atoms with van der Waals surface area (Å²) in [5.74, 6) is 1.88. The van der Waals surface area contributed by atoms with Gasteiger partial charge in [-0.25, -0.2) is 0 Å². The Labute approximate surface area is 144 Å². The van der Waals surface area contributed by atoms with Gasteiger partial charge in [0.1, 0.15) is 0 Å². The first-order valence-electron chi connectivity index (χ1n) is 7.32. The quantitative estimate of drug-likeness (QED) is 0.828. The van der Waals surface area contributed by atoms with Crippen molar-refractivity contribution in [3.63, 3.8) is 0 Å². The predicted octanol–water partition coefficient (Wildman–Crippen LogP) is 2.72. The highest BCUT2D eigenvalue weighted by Crippen LogP contribution is 2.39. The van der Waals surface area contributed by atoms with E-state index in [4.69, 9.17) is 9.47 Å². The van der Waals surface area contributed by atoms with E-state index in [2.05, 4.69) is 26.6 Å². The fourth-order valence-electron chi connectivity index (χ4n) is 2.76. The SMILES string of the molecule is Cl.O=C(NCCC1CCCNC1)c1cc(Br)c2c(c1)OCO2. The second-order valence-corrected chi connectivity index (χ2v) is 6.30. The smallest absolute Gasteiger partial charge is 0.251 e. The van der Waals surface area contributed by atoms with E-state index < -0.39 is 0 Å². The van der Waals surface area contributed by atoms with Crippen molar-refractivity contribution in [2.24, 2.45) is 5.92 Å². The molecule has 2 heterocycles. The number of rotatable bonds is 4. The number of amides is 1. The van der Waals surface area contributed by atoms with Crippen LogP contribution in [0.1, 0.15) is 29.6 Å². The van der Waals surface area contributed by atoms with Crippen LogP contribution in [0.15, 0.2) is 16.6 Å². The first kappa shape index (κ1) is 17.4. The summed E-state index contributed by atoms with van der Waals surface area (Å²) in [6.45, 7) is 3.09. The van der Waals surface area contributed by atoms with E-state index in [0.29, 0.717) is 29.5 Å². The van der Waals surface area contributed by atoms with E-state index in [0.717, 1.165) is 24.0 Å². The third-order valence-electron chi connectivity index (χ3n) is 3.93. The molecule has 1 unspecified atom stereocenters. The highest BCUT2D eigenvalue weighted by molar-refractivity contribution is 9.10. The molecular weight excluding hydrogens is 372 g/mol. The average molecular weight is 392 g/mol. The second kappa shape index (κ2) is 8.04. The second-order valence-electron chi connectivity index (χ2n) is 5.45. The van der Waals surface area contributed by atoms with Crippen LogP contribution in [0.25, 0.3) is 0 Å². The molecule has 1 aromatic carbocycles. The predicted molar refractivity (Wildman–Crippen MR) is 90.1 cm³/mol. The molecule has 22 heavy (non-hydrogen) atoms. The van der Waals surface area contributed by atoms with Gasteiger partial charge in [0.15, 0.2) is 11.5 Å². The Bertz CT molecular complexity index is 536. The molecular formula is C15H20BrClN2O3. The summed E-state index contributed by atoms with van der Waals surface area (Å²) in [4.78, 5) is 12.2. The van der Waals surface area contributed by atoms with Crippen LogP contribution < -0.4 is 20.1 Å². The van der Waals surface area contributed by atoms with Gasteiger partial charge in [0, 0.05) is 12.1 Å². The number of piperidine rings is 1. The summed E-state index contributed by atoms with van der Waals surface area (Å²) >= 11 is 3.40. The molecule has 3 rings (SSSR count). The maximum Gasteiger partial charge on any atom is 0.251 e. The minimum Gasteiger partial charge on any atom is -0.454 e. The number of carbonyl (C=O) groups is 1. The summed E-state index contributed by atoms with van der Waals surface area (Å²) in [7, 11) is 0. The molecule has 2 N–H and O–H groups in total. The van der Waals surface area contributed by atoms with Crippen LogP contribution in [0.3, 0.4) is 0 Å². The van der Waals surface area contributed by atoms with Crippen LogP contribution in [0.4, 0.5) is 0 Å². The minimum absolute atomic E-state index is 0. The zero-order valence-electron chi connectivity index (χ0n) is 12.2. The number of benzene rings is 1. The number of halogens is 2. The molecule has 1 amide bonds. The van der Waals surface area contributed by atoms with Crippen molar-refractivity contribution < 1.29 is 14.3 Å². The Morgan fingerprint density at radius 2 is 2.27 bits per heavy atom. The lowest BCUT2D eigenvalue weighted by atomic mass is 9.96. The Balaban J connectivity index is 0.00000176. The van der Waals surface area contributed by atoms with Crippen LogP contribution in [-0.4, -0.2) is 32.3 Å². The van der Waals surface area contributed by atoms with E-state index in [-0.39, 0.29) is 25.1 Å². The molecule has 5 nitrogen and oxygen atoms in total. The topological polar surface area (TPSA) is 59.6 Å². The maximum absolute atomic E-state index is 12.2. The van der Waals surface area contributed by atoms with Crippen molar-refractivity contribution in [3.8, 4) is 11.5 Å². The number of ether oxygens (including phenoxy) is 2. The molecule has 1 fully saturated rings. The zero-order chi connectivity index (χ0) is 14.7. The highest BCUT2D eigenvalue weighted by Gasteiger charge is 2.20. The number of carbonyl (C=O) groups excluding carboxylic acids is 1. The van der Waals surface area contributed by atoms with Crippen molar-refractivity contribution in [2.45, 2.75) is 19.3 Å². The van der Waals surface area contributed by atoms with Crippen molar-refractivity contribution in [2.75, 3.05) is 26.4 Å². The summed E-state index contributed by atoms with van der Waals surface area (Å²) in [6.07, 6.45) is 3.50. The van der Waals surface area contributed by atoms with Gasteiger partial charge < -0.3 is 20.1 Å². The van der Waals surface area contributed by atoms with Crippen LogP contribution in [0, 0.1) is 5.92 Å². The summed E-state index contributed by atoms with van der Waals surface area (Å²) in [6, 6.07) is 3.50. The average Bonchev–Trinajstić information content (AvgIpc) is 2.97. The molecule has 1 saturated heterocycles. The Kier molecular flexibility index (Phi) is 6.35. The van der Waals surface area contributed by atoms with Crippen LogP contribution in [-0.2, 0) is 0 Å². The molecule has 2 aliphatic rings. The van der Waals surface area contributed by atoms with Gasteiger partial charge in [-0.2, -0.15) is 0 Å². The van der Waals surface area contributed by atoms with Gasteiger partial charge in [-0.3, -0.25) is 4.79 Å². The molecule has 122 valence electrons. The maximum atomic E-state index is 12.2. The molecule has 7 heteroatoms. The van der Waals surface area contributed by atoms with E-state index in [1.165, 1.54) is 12.8 Å². The summed E-state index contributed by atoms with van der Waals surface area (Å²) in [5.41, 5.74) is 0.591. The normalized spacial score (nSPS) is 19.4. The van der Waals surface area contributed by atoms with Crippen LogP contribution in [0.5, 0.6) is 11.5 Å². The lowest BCUT2D eigenvalue weighted by molar-refractivity contribution is 0.0950. The molecule has 0 aromatic heterocycles. The molecule has 0 aliphatic carbocycles. The fourth-order valence-corrected chi connectivity index (χ4v) is 3.32. The lowest BCUT2D eigenvalue weighted by Gasteiger charge is -2.22. The molecule has 0 spiro atoms.